The minimum absolute atomic E-state index is 0.145. The van der Waals surface area contributed by atoms with Crippen LogP contribution in [0.15, 0.2) is 39.5 Å². The fraction of sp³-hybridized carbons (Fsp3) is 0.267. The Hall–Kier alpha value is -2.63. The number of rotatable bonds is 5. The highest BCUT2D eigenvalue weighted by molar-refractivity contribution is 5.94. The van der Waals surface area contributed by atoms with Gasteiger partial charge in [-0.2, -0.15) is 0 Å². The van der Waals surface area contributed by atoms with Crippen LogP contribution in [0.3, 0.4) is 0 Å². The van der Waals surface area contributed by atoms with Crippen molar-refractivity contribution in [3.05, 3.63) is 46.3 Å². The van der Waals surface area contributed by atoms with E-state index in [1.54, 1.807) is 24.3 Å². The summed E-state index contributed by atoms with van der Waals surface area (Å²) < 4.78 is 5.43. The lowest BCUT2D eigenvalue weighted by Gasteiger charge is -2.19. The van der Waals surface area contributed by atoms with Crippen molar-refractivity contribution >= 4 is 22.8 Å². The molecule has 0 unspecified atom stereocenters. The second-order valence-corrected chi connectivity index (χ2v) is 4.59. The lowest BCUT2D eigenvalue weighted by molar-refractivity contribution is -0.137. The molecule has 6 nitrogen and oxygen atoms in total. The molecule has 0 saturated carbocycles. The zero-order valence-electron chi connectivity index (χ0n) is 11.5. The summed E-state index contributed by atoms with van der Waals surface area (Å²) in [4.78, 5) is 36.2. The van der Waals surface area contributed by atoms with Crippen molar-refractivity contribution in [3.8, 4) is 0 Å². The smallest absolute Gasteiger partial charge is 0.323 e. The number of fused-ring (bicyclic) bond motifs is 1. The third kappa shape index (κ3) is 3.28. The Morgan fingerprint density at radius 2 is 2.00 bits per heavy atom. The maximum atomic E-state index is 12.3. The van der Waals surface area contributed by atoms with Gasteiger partial charge in [-0.05, 0) is 18.6 Å². The van der Waals surface area contributed by atoms with E-state index < -0.39 is 18.4 Å². The summed E-state index contributed by atoms with van der Waals surface area (Å²) in [5.41, 5.74) is -0.0212. The molecule has 0 atom stereocenters. The molecule has 2 rings (SSSR count). The molecule has 0 aliphatic carbocycles. The molecule has 0 aliphatic heterocycles. The van der Waals surface area contributed by atoms with Crippen LogP contribution in [-0.2, 0) is 4.79 Å². The van der Waals surface area contributed by atoms with Gasteiger partial charge < -0.3 is 14.4 Å². The summed E-state index contributed by atoms with van der Waals surface area (Å²) in [5, 5.41) is 9.23. The normalized spacial score (nSPS) is 10.5. The van der Waals surface area contributed by atoms with Crippen molar-refractivity contribution in [2.75, 3.05) is 13.1 Å². The molecule has 1 aromatic carbocycles. The molecule has 110 valence electrons. The summed E-state index contributed by atoms with van der Waals surface area (Å²) >= 11 is 0. The summed E-state index contributed by atoms with van der Waals surface area (Å²) in [6.07, 6.45) is 0.608. The lowest BCUT2D eigenvalue weighted by Crippen LogP contribution is -2.36. The van der Waals surface area contributed by atoms with Gasteiger partial charge in [0.2, 0.25) is 0 Å². The van der Waals surface area contributed by atoms with Gasteiger partial charge in [0.1, 0.15) is 12.1 Å². The zero-order valence-corrected chi connectivity index (χ0v) is 11.5. The predicted molar refractivity (Wildman–Crippen MR) is 76.3 cm³/mol. The Bertz CT molecular complexity index is 734. The van der Waals surface area contributed by atoms with Crippen molar-refractivity contribution in [3.63, 3.8) is 0 Å². The molecule has 1 N–H and O–H groups in total. The number of carbonyl (C=O) groups excluding carboxylic acids is 1. The minimum Gasteiger partial charge on any atom is -0.480 e. The van der Waals surface area contributed by atoms with Gasteiger partial charge in [-0.3, -0.25) is 14.4 Å². The predicted octanol–water partition coefficient (Wildman–Crippen LogP) is 1.73. The first-order chi connectivity index (χ1) is 10.0. The lowest BCUT2D eigenvalue weighted by atomic mass is 10.2. The second-order valence-electron chi connectivity index (χ2n) is 4.59. The number of carboxylic acid groups (broad SMARTS) is 1. The molecular weight excluding hydrogens is 274 g/mol. The number of hydrogen-bond acceptors (Lipinski definition) is 4. The summed E-state index contributed by atoms with van der Waals surface area (Å²) in [5.74, 6) is -1.85. The van der Waals surface area contributed by atoms with Gasteiger partial charge in [-0.15, -0.1) is 0 Å². The zero-order chi connectivity index (χ0) is 15.4. The van der Waals surface area contributed by atoms with Gasteiger partial charge in [0.15, 0.2) is 11.2 Å². The van der Waals surface area contributed by atoms with Gasteiger partial charge in [0.05, 0.1) is 5.39 Å². The molecule has 1 heterocycles. The number of carbonyl (C=O) groups is 2. The van der Waals surface area contributed by atoms with Crippen molar-refractivity contribution in [1.29, 1.82) is 0 Å². The molecule has 6 heteroatoms. The topological polar surface area (TPSA) is 87.8 Å². The third-order valence-electron chi connectivity index (χ3n) is 2.95. The van der Waals surface area contributed by atoms with E-state index in [9.17, 15) is 14.4 Å². The van der Waals surface area contributed by atoms with Crippen LogP contribution in [0.4, 0.5) is 0 Å². The first kappa shape index (κ1) is 14.8. The largest absolute Gasteiger partial charge is 0.480 e. The molecule has 21 heavy (non-hydrogen) atoms. The van der Waals surface area contributed by atoms with Crippen LogP contribution >= 0.6 is 0 Å². The number of para-hydroxylation sites is 1. The average Bonchev–Trinajstić information content (AvgIpc) is 2.45. The van der Waals surface area contributed by atoms with E-state index in [0.29, 0.717) is 17.4 Å². The van der Waals surface area contributed by atoms with E-state index >= 15 is 0 Å². The van der Waals surface area contributed by atoms with E-state index in [4.69, 9.17) is 9.52 Å². The minimum atomic E-state index is -1.11. The standard InChI is InChI=1S/C15H15NO5/c1-2-7-16(9-14(18)19)15(20)13-8-11(17)10-5-3-4-6-12(10)21-13/h3-6,8H,2,7,9H2,1H3,(H,18,19). The Morgan fingerprint density at radius 1 is 1.29 bits per heavy atom. The van der Waals surface area contributed by atoms with Gasteiger partial charge in [-0.1, -0.05) is 19.1 Å². The number of benzene rings is 1. The highest BCUT2D eigenvalue weighted by Gasteiger charge is 2.21. The average molecular weight is 289 g/mol. The van der Waals surface area contributed by atoms with Gasteiger partial charge in [0, 0.05) is 12.6 Å². The van der Waals surface area contributed by atoms with Crippen LogP contribution in [0.5, 0.6) is 0 Å². The van der Waals surface area contributed by atoms with E-state index in [-0.39, 0.29) is 17.7 Å². The van der Waals surface area contributed by atoms with E-state index in [2.05, 4.69) is 0 Å². The van der Waals surface area contributed by atoms with Crippen LogP contribution in [0.25, 0.3) is 11.0 Å². The Balaban J connectivity index is 2.42. The number of hydrogen-bond donors (Lipinski definition) is 1. The molecule has 0 radical (unpaired) electrons. The molecule has 1 amide bonds. The summed E-state index contributed by atoms with van der Waals surface area (Å²) in [6.45, 7) is 1.68. The SMILES string of the molecule is CCCN(CC(=O)O)C(=O)c1cc(=O)c2ccccc2o1. The molecule has 0 saturated heterocycles. The molecular formula is C15H15NO5. The second kappa shape index (κ2) is 6.21. The Morgan fingerprint density at radius 3 is 2.67 bits per heavy atom. The molecule has 0 bridgehead atoms. The Kier molecular flexibility index (Phi) is 4.37. The van der Waals surface area contributed by atoms with Gasteiger partial charge in [0.25, 0.3) is 5.91 Å². The molecule has 1 aromatic heterocycles. The van der Waals surface area contributed by atoms with E-state index in [1.807, 2.05) is 6.92 Å². The number of carboxylic acids is 1. The monoisotopic (exact) mass is 289 g/mol. The van der Waals surface area contributed by atoms with Crippen LogP contribution in [-0.4, -0.2) is 35.0 Å². The maximum Gasteiger partial charge on any atom is 0.323 e. The molecule has 0 spiro atoms. The van der Waals surface area contributed by atoms with Crippen molar-refractivity contribution in [2.45, 2.75) is 13.3 Å². The number of amides is 1. The van der Waals surface area contributed by atoms with Gasteiger partial charge in [-0.25, -0.2) is 0 Å². The van der Waals surface area contributed by atoms with Crippen LogP contribution in [0.1, 0.15) is 23.9 Å². The highest BCUT2D eigenvalue weighted by Crippen LogP contribution is 2.13. The number of nitrogens with zero attached hydrogens (tertiary/aromatic N) is 1. The van der Waals surface area contributed by atoms with Crippen LogP contribution < -0.4 is 5.43 Å². The van der Waals surface area contributed by atoms with Crippen molar-refractivity contribution < 1.29 is 19.1 Å². The van der Waals surface area contributed by atoms with Crippen LogP contribution in [0, 0.1) is 0 Å². The van der Waals surface area contributed by atoms with Crippen molar-refractivity contribution in [2.24, 2.45) is 0 Å². The van der Waals surface area contributed by atoms with Crippen molar-refractivity contribution in [1.82, 2.24) is 4.90 Å². The summed E-state index contributed by atoms with van der Waals surface area (Å²) in [6, 6.07) is 7.70. The van der Waals surface area contributed by atoms with Gasteiger partial charge >= 0.3 is 5.97 Å². The first-order valence-electron chi connectivity index (χ1n) is 6.57. The number of aliphatic carboxylic acids is 1. The van der Waals surface area contributed by atoms with Crippen LogP contribution in [0.2, 0.25) is 0 Å². The Labute approximate surface area is 120 Å². The first-order valence-corrected chi connectivity index (χ1v) is 6.57. The van der Waals surface area contributed by atoms with E-state index in [1.165, 1.54) is 0 Å². The summed E-state index contributed by atoms with van der Waals surface area (Å²) in [7, 11) is 0. The molecule has 0 fully saturated rings. The molecule has 0 aliphatic rings. The third-order valence-corrected chi connectivity index (χ3v) is 2.95. The fourth-order valence-corrected chi connectivity index (χ4v) is 2.05. The maximum absolute atomic E-state index is 12.3. The molecule has 2 aromatic rings. The highest BCUT2D eigenvalue weighted by atomic mass is 16.4. The quantitative estimate of drug-likeness (QED) is 0.905. The fourth-order valence-electron chi connectivity index (χ4n) is 2.05. The van der Waals surface area contributed by atoms with E-state index in [0.717, 1.165) is 11.0 Å².